The monoisotopic (exact) mass is 475 g/mol. The van der Waals surface area contributed by atoms with Gasteiger partial charge in [0.05, 0.1) is 12.0 Å². The number of H-pyrrole nitrogens is 1. The first-order chi connectivity index (χ1) is 16.7. The Morgan fingerprint density at radius 3 is 1.41 bits per heavy atom. The van der Waals surface area contributed by atoms with Gasteiger partial charge in [-0.1, -0.05) is 143 Å². The molecule has 0 spiro atoms. The van der Waals surface area contributed by atoms with Crippen molar-refractivity contribution in [1.29, 1.82) is 0 Å². The summed E-state index contributed by atoms with van der Waals surface area (Å²) in [5, 5.41) is 0. The normalized spacial score (nSPS) is 13.4. The van der Waals surface area contributed by atoms with Crippen molar-refractivity contribution in [3.05, 3.63) is 18.2 Å². The van der Waals surface area contributed by atoms with Crippen LogP contribution in [-0.2, 0) is 0 Å². The van der Waals surface area contributed by atoms with Crippen LogP contribution < -0.4 is 4.57 Å². The summed E-state index contributed by atoms with van der Waals surface area (Å²) in [7, 11) is 0. The van der Waals surface area contributed by atoms with Crippen molar-refractivity contribution in [3.63, 3.8) is 0 Å². The maximum atomic E-state index is 3.69. The molecule has 1 aromatic rings. The van der Waals surface area contributed by atoms with Gasteiger partial charge in [-0.15, -0.1) is 0 Å². The molecule has 0 saturated carbocycles. The number of rotatable bonds is 25. The van der Waals surface area contributed by atoms with E-state index in [2.05, 4.69) is 49.6 Å². The fraction of sp³-hybridized carbons (Fsp3) is 0.906. The zero-order chi connectivity index (χ0) is 24.7. The van der Waals surface area contributed by atoms with E-state index < -0.39 is 0 Å². The SMILES string of the molecule is CCCCCCCCCCCCCC(CCCCCC)c1[nH]cc[n+]1C(C)CCCCCCC. The molecular weight excluding hydrogens is 412 g/mol. The zero-order valence-electron chi connectivity index (χ0n) is 24.0. The second-order valence-electron chi connectivity index (χ2n) is 11.2. The first kappa shape index (κ1) is 31.2. The van der Waals surface area contributed by atoms with Gasteiger partial charge in [0.25, 0.3) is 5.82 Å². The lowest BCUT2D eigenvalue weighted by atomic mass is 9.93. The van der Waals surface area contributed by atoms with Crippen LogP contribution in [0.3, 0.4) is 0 Å². The van der Waals surface area contributed by atoms with Crippen molar-refractivity contribution in [2.24, 2.45) is 0 Å². The lowest BCUT2D eigenvalue weighted by molar-refractivity contribution is -0.727. The first-order valence-corrected chi connectivity index (χ1v) is 15.8. The van der Waals surface area contributed by atoms with Crippen molar-refractivity contribution in [1.82, 2.24) is 4.98 Å². The van der Waals surface area contributed by atoms with Gasteiger partial charge in [-0.2, -0.15) is 0 Å². The molecule has 2 nitrogen and oxygen atoms in total. The van der Waals surface area contributed by atoms with Crippen molar-refractivity contribution in [2.45, 2.75) is 187 Å². The number of aromatic nitrogens is 2. The molecule has 0 aromatic carbocycles. The van der Waals surface area contributed by atoms with Gasteiger partial charge in [-0.3, -0.25) is 0 Å². The van der Waals surface area contributed by atoms with Crippen LogP contribution in [0.4, 0.5) is 0 Å². The maximum absolute atomic E-state index is 3.69. The Morgan fingerprint density at radius 2 is 0.941 bits per heavy atom. The predicted octanol–water partition coefficient (Wildman–Crippen LogP) is 11.0. The number of nitrogens with one attached hydrogen (secondary N) is 1. The van der Waals surface area contributed by atoms with Gasteiger partial charge in [0, 0.05) is 0 Å². The Bertz CT molecular complexity index is 535. The van der Waals surface area contributed by atoms with Crippen LogP contribution in [-0.4, -0.2) is 4.98 Å². The summed E-state index contributed by atoms with van der Waals surface area (Å²) in [6.45, 7) is 9.37. The quantitative estimate of drug-likeness (QED) is 0.107. The van der Waals surface area contributed by atoms with E-state index in [-0.39, 0.29) is 0 Å². The largest absolute Gasteiger partial charge is 0.257 e. The number of hydrogen-bond donors (Lipinski definition) is 1. The van der Waals surface area contributed by atoms with E-state index in [0.717, 1.165) is 0 Å². The molecule has 1 rings (SSSR count). The molecule has 0 fully saturated rings. The molecule has 2 atom stereocenters. The van der Waals surface area contributed by atoms with Crippen LogP contribution in [0.1, 0.15) is 193 Å². The summed E-state index contributed by atoms with van der Waals surface area (Å²) >= 11 is 0. The van der Waals surface area contributed by atoms with Crippen molar-refractivity contribution >= 4 is 0 Å². The van der Waals surface area contributed by atoms with Crippen LogP contribution in [0.2, 0.25) is 0 Å². The highest BCUT2D eigenvalue weighted by molar-refractivity contribution is 4.90. The minimum absolute atomic E-state index is 0.623. The molecule has 0 aliphatic carbocycles. The molecular formula is C32H63N2+. The minimum Gasteiger partial charge on any atom is -0.247 e. The van der Waals surface area contributed by atoms with Gasteiger partial charge < -0.3 is 0 Å². The topological polar surface area (TPSA) is 19.7 Å². The van der Waals surface area contributed by atoms with Gasteiger partial charge in [0.2, 0.25) is 0 Å². The predicted molar refractivity (Wildman–Crippen MR) is 152 cm³/mol. The summed E-state index contributed by atoms with van der Waals surface area (Å²) in [6, 6.07) is 0.623. The van der Waals surface area contributed by atoms with Gasteiger partial charge in [-0.05, 0) is 32.6 Å². The lowest BCUT2D eigenvalue weighted by Crippen LogP contribution is -2.41. The van der Waals surface area contributed by atoms with E-state index in [9.17, 15) is 0 Å². The van der Waals surface area contributed by atoms with E-state index in [1.165, 1.54) is 154 Å². The van der Waals surface area contributed by atoms with E-state index >= 15 is 0 Å². The number of imidazole rings is 1. The third kappa shape index (κ3) is 15.3. The van der Waals surface area contributed by atoms with E-state index in [1.807, 2.05) is 0 Å². The molecule has 0 aliphatic heterocycles. The molecule has 0 amide bonds. The molecule has 1 heterocycles. The Balaban J connectivity index is 2.41. The highest BCUT2D eigenvalue weighted by Crippen LogP contribution is 2.27. The smallest absolute Gasteiger partial charge is 0.247 e. The fourth-order valence-electron chi connectivity index (χ4n) is 5.54. The molecule has 0 saturated heterocycles. The lowest BCUT2D eigenvalue weighted by Gasteiger charge is -2.17. The summed E-state index contributed by atoms with van der Waals surface area (Å²) < 4.78 is 2.60. The second kappa shape index (κ2) is 22.7. The molecule has 0 aliphatic rings. The fourth-order valence-corrected chi connectivity index (χ4v) is 5.54. The van der Waals surface area contributed by atoms with Gasteiger partial charge in [-0.25, -0.2) is 9.55 Å². The number of unbranched alkanes of at least 4 members (excludes halogenated alkanes) is 17. The average molecular weight is 476 g/mol. The number of aromatic amines is 1. The highest BCUT2D eigenvalue weighted by atomic mass is 15.1. The minimum atomic E-state index is 0.623. The van der Waals surface area contributed by atoms with Crippen LogP contribution in [0.15, 0.2) is 12.4 Å². The number of nitrogens with zero attached hydrogens (tertiary/aromatic N) is 1. The molecule has 34 heavy (non-hydrogen) atoms. The Hall–Kier alpha value is -0.790. The molecule has 1 N–H and O–H groups in total. The van der Waals surface area contributed by atoms with Crippen LogP contribution in [0.5, 0.6) is 0 Å². The molecule has 200 valence electrons. The third-order valence-electron chi connectivity index (χ3n) is 7.89. The summed E-state index contributed by atoms with van der Waals surface area (Å²) in [5.74, 6) is 2.23. The van der Waals surface area contributed by atoms with Crippen molar-refractivity contribution in [3.8, 4) is 0 Å². The van der Waals surface area contributed by atoms with E-state index in [1.54, 1.807) is 0 Å². The Kier molecular flexibility index (Phi) is 20.8. The standard InChI is InChI=1S/C32H62N2/c1-5-8-11-14-15-16-17-18-19-21-24-27-31(26-23-13-10-7-3)32-33-28-29-34(32)30(4)25-22-20-12-9-6-2/h28-31H,5-27H2,1-4H3/p+1. The Labute approximate surface area is 215 Å². The first-order valence-electron chi connectivity index (χ1n) is 15.8. The summed E-state index contributed by atoms with van der Waals surface area (Å²) in [6.07, 6.45) is 36.8. The van der Waals surface area contributed by atoms with Gasteiger partial charge in [0.15, 0.2) is 0 Å². The molecule has 1 aromatic heterocycles. The van der Waals surface area contributed by atoms with Crippen molar-refractivity contribution in [2.75, 3.05) is 0 Å². The van der Waals surface area contributed by atoms with E-state index in [0.29, 0.717) is 12.0 Å². The molecule has 0 bridgehead atoms. The van der Waals surface area contributed by atoms with Gasteiger partial charge in [0.1, 0.15) is 12.4 Å². The van der Waals surface area contributed by atoms with Gasteiger partial charge >= 0.3 is 0 Å². The number of hydrogen-bond acceptors (Lipinski definition) is 0. The molecule has 2 unspecified atom stereocenters. The maximum Gasteiger partial charge on any atom is 0.257 e. The van der Waals surface area contributed by atoms with Crippen molar-refractivity contribution < 1.29 is 4.57 Å². The molecule has 0 radical (unpaired) electrons. The molecule has 2 heteroatoms. The third-order valence-corrected chi connectivity index (χ3v) is 7.89. The van der Waals surface area contributed by atoms with Crippen LogP contribution in [0.25, 0.3) is 0 Å². The summed E-state index contributed by atoms with van der Waals surface area (Å²) in [4.78, 5) is 3.69. The second-order valence-corrected chi connectivity index (χ2v) is 11.2. The Morgan fingerprint density at radius 1 is 0.559 bits per heavy atom. The zero-order valence-corrected chi connectivity index (χ0v) is 24.0. The highest BCUT2D eigenvalue weighted by Gasteiger charge is 2.25. The summed E-state index contributed by atoms with van der Waals surface area (Å²) in [5.41, 5.74) is 0. The average Bonchev–Trinajstić information content (AvgIpc) is 3.33. The van der Waals surface area contributed by atoms with Crippen LogP contribution in [0, 0.1) is 0 Å². The van der Waals surface area contributed by atoms with Crippen LogP contribution >= 0.6 is 0 Å². The van der Waals surface area contributed by atoms with E-state index in [4.69, 9.17) is 0 Å².